The van der Waals surface area contributed by atoms with Crippen LogP contribution in [0.4, 0.5) is 0 Å². The predicted molar refractivity (Wildman–Crippen MR) is 73.0 cm³/mol. The maximum absolute atomic E-state index is 6.20. The Labute approximate surface area is 103 Å². The molecular formula is C14H21NS. The van der Waals surface area contributed by atoms with Crippen LogP contribution < -0.4 is 5.73 Å². The van der Waals surface area contributed by atoms with E-state index in [0.717, 1.165) is 12.2 Å². The minimum Gasteiger partial charge on any atom is -0.324 e. The molecule has 0 aliphatic heterocycles. The van der Waals surface area contributed by atoms with Gasteiger partial charge in [-0.3, -0.25) is 0 Å². The maximum atomic E-state index is 6.20. The molecule has 0 fully saturated rings. The van der Waals surface area contributed by atoms with Crippen molar-refractivity contribution in [3.63, 3.8) is 0 Å². The van der Waals surface area contributed by atoms with Crippen LogP contribution in [0, 0.1) is 0 Å². The highest BCUT2D eigenvalue weighted by Crippen LogP contribution is 2.25. The molecule has 1 unspecified atom stereocenters. The topological polar surface area (TPSA) is 26.0 Å². The molecule has 0 bridgehead atoms. The molecule has 1 nitrogen and oxygen atoms in total. The van der Waals surface area contributed by atoms with Gasteiger partial charge in [-0.2, -0.15) is 11.8 Å². The zero-order valence-corrected chi connectivity index (χ0v) is 10.9. The molecule has 2 rings (SSSR count). The number of thioether (sulfide) groups is 1. The molecule has 1 aliphatic carbocycles. The highest BCUT2D eigenvalue weighted by Gasteiger charge is 2.12. The van der Waals surface area contributed by atoms with Gasteiger partial charge in [-0.25, -0.2) is 0 Å². The molecule has 0 saturated heterocycles. The lowest BCUT2D eigenvalue weighted by Crippen LogP contribution is -2.13. The summed E-state index contributed by atoms with van der Waals surface area (Å²) in [4.78, 5) is 0. The lowest BCUT2D eigenvalue weighted by Gasteiger charge is -2.19. The van der Waals surface area contributed by atoms with Gasteiger partial charge in [0.25, 0.3) is 0 Å². The Bertz CT molecular complexity index is 349. The first-order chi connectivity index (χ1) is 7.81. The van der Waals surface area contributed by atoms with Crippen molar-refractivity contribution in [1.82, 2.24) is 0 Å². The maximum Gasteiger partial charge on any atom is 0.0302 e. The fourth-order valence-electron chi connectivity index (χ4n) is 2.40. The Morgan fingerprint density at radius 3 is 2.75 bits per heavy atom. The number of rotatable bonds is 4. The second-order valence-corrected chi connectivity index (χ2v) is 5.61. The van der Waals surface area contributed by atoms with Gasteiger partial charge in [-0.05, 0) is 60.8 Å². The van der Waals surface area contributed by atoms with Gasteiger partial charge in [-0.15, -0.1) is 0 Å². The first-order valence-electron chi connectivity index (χ1n) is 6.17. The third kappa shape index (κ3) is 2.80. The molecule has 0 amide bonds. The van der Waals surface area contributed by atoms with Crippen LogP contribution in [0.1, 0.15) is 42.0 Å². The van der Waals surface area contributed by atoms with Gasteiger partial charge in [0.15, 0.2) is 0 Å². The summed E-state index contributed by atoms with van der Waals surface area (Å²) in [5, 5.41) is 0. The van der Waals surface area contributed by atoms with Crippen molar-refractivity contribution in [2.75, 3.05) is 12.0 Å². The first kappa shape index (κ1) is 12.0. The van der Waals surface area contributed by atoms with E-state index in [0.29, 0.717) is 0 Å². The monoisotopic (exact) mass is 235 g/mol. The van der Waals surface area contributed by atoms with Gasteiger partial charge in [0, 0.05) is 6.04 Å². The largest absolute Gasteiger partial charge is 0.324 e. The summed E-state index contributed by atoms with van der Waals surface area (Å²) in [5.74, 6) is 1.15. The van der Waals surface area contributed by atoms with E-state index >= 15 is 0 Å². The van der Waals surface area contributed by atoms with Crippen molar-refractivity contribution in [2.24, 2.45) is 5.73 Å². The summed E-state index contributed by atoms with van der Waals surface area (Å²) >= 11 is 1.87. The zero-order chi connectivity index (χ0) is 11.4. The van der Waals surface area contributed by atoms with Crippen molar-refractivity contribution in [3.05, 3.63) is 34.9 Å². The van der Waals surface area contributed by atoms with E-state index in [4.69, 9.17) is 5.73 Å². The smallest absolute Gasteiger partial charge is 0.0302 e. The number of benzene rings is 1. The zero-order valence-electron chi connectivity index (χ0n) is 10.0. The van der Waals surface area contributed by atoms with Crippen LogP contribution in [-0.2, 0) is 12.8 Å². The van der Waals surface area contributed by atoms with Crippen molar-refractivity contribution in [2.45, 2.75) is 38.1 Å². The molecule has 0 saturated carbocycles. The average molecular weight is 235 g/mol. The van der Waals surface area contributed by atoms with Crippen molar-refractivity contribution < 1.29 is 0 Å². The normalized spacial score (nSPS) is 16.9. The van der Waals surface area contributed by atoms with Gasteiger partial charge in [-0.1, -0.05) is 18.2 Å². The van der Waals surface area contributed by atoms with E-state index in [2.05, 4.69) is 24.5 Å². The second kappa shape index (κ2) is 5.74. The van der Waals surface area contributed by atoms with Crippen LogP contribution in [0.25, 0.3) is 0 Å². The Kier molecular flexibility index (Phi) is 4.30. The number of nitrogens with two attached hydrogens (primary N) is 1. The summed E-state index contributed by atoms with van der Waals surface area (Å²) in [6.45, 7) is 0. The van der Waals surface area contributed by atoms with Crippen LogP contribution in [0.3, 0.4) is 0 Å². The first-order valence-corrected chi connectivity index (χ1v) is 7.57. The summed E-state index contributed by atoms with van der Waals surface area (Å²) < 4.78 is 0. The summed E-state index contributed by atoms with van der Waals surface area (Å²) in [5.41, 5.74) is 10.6. The van der Waals surface area contributed by atoms with Crippen molar-refractivity contribution in [1.29, 1.82) is 0 Å². The number of aryl methyl sites for hydroxylation is 2. The van der Waals surface area contributed by atoms with Gasteiger partial charge < -0.3 is 5.73 Å². The van der Waals surface area contributed by atoms with E-state index in [-0.39, 0.29) is 6.04 Å². The van der Waals surface area contributed by atoms with Gasteiger partial charge in [0.1, 0.15) is 0 Å². The third-order valence-electron chi connectivity index (χ3n) is 3.43. The fourth-order valence-corrected chi connectivity index (χ4v) is 2.89. The van der Waals surface area contributed by atoms with E-state index in [1.807, 2.05) is 11.8 Å². The Balaban J connectivity index is 2.10. The summed E-state index contributed by atoms with van der Waals surface area (Å²) in [6, 6.07) is 7.09. The third-order valence-corrected chi connectivity index (χ3v) is 4.08. The van der Waals surface area contributed by atoms with Crippen LogP contribution in [0.15, 0.2) is 18.2 Å². The Morgan fingerprint density at radius 2 is 2.00 bits per heavy atom. The second-order valence-electron chi connectivity index (χ2n) is 4.62. The quantitative estimate of drug-likeness (QED) is 0.866. The molecule has 1 aromatic carbocycles. The molecule has 1 atom stereocenters. The number of hydrogen-bond donors (Lipinski definition) is 1. The van der Waals surface area contributed by atoms with Crippen LogP contribution in [0.2, 0.25) is 0 Å². The standard InChI is InChI=1S/C14H21NS/c1-16-9-8-14(15)13-7-6-11-4-2-3-5-12(11)10-13/h6-7,10,14H,2-5,8-9,15H2,1H3. The van der Waals surface area contributed by atoms with E-state index in [1.54, 1.807) is 11.1 Å². The SMILES string of the molecule is CSCCC(N)c1ccc2c(c1)CCCC2. The Morgan fingerprint density at radius 1 is 1.25 bits per heavy atom. The predicted octanol–water partition coefficient (Wildman–Crippen LogP) is 3.32. The average Bonchev–Trinajstić information content (AvgIpc) is 2.35. The molecule has 2 N–H and O–H groups in total. The number of fused-ring (bicyclic) bond motifs is 1. The lowest BCUT2D eigenvalue weighted by atomic mass is 9.89. The molecule has 2 heteroatoms. The molecule has 0 spiro atoms. The molecule has 0 heterocycles. The van der Waals surface area contributed by atoms with E-state index < -0.39 is 0 Å². The van der Waals surface area contributed by atoms with Gasteiger partial charge in [0.05, 0.1) is 0 Å². The fraction of sp³-hybridized carbons (Fsp3) is 0.571. The highest BCUT2D eigenvalue weighted by atomic mass is 32.2. The number of hydrogen-bond acceptors (Lipinski definition) is 2. The summed E-state index contributed by atoms with van der Waals surface area (Å²) in [6.07, 6.45) is 8.43. The summed E-state index contributed by atoms with van der Waals surface area (Å²) in [7, 11) is 0. The van der Waals surface area contributed by atoms with Gasteiger partial charge in [0.2, 0.25) is 0 Å². The van der Waals surface area contributed by atoms with E-state index in [1.165, 1.54) is 31.2 Å². The van der Waals surface area contributed by atoms with Gasteiger partial charge >= 0.3 is 0 Å². The highest BCUT2D eigenvalue weighted by molar-refractivity contribution is 7.98. The molecule has 0 radical (unpaired) electrons. The minimum atomic E-state index is 0.222. The minimum absolute atomic E-state index is 0.222. The molecule has 1 aromatic rings. The molecule has 0 aromatic heterocycles. The lowest BCUT2D eigenvalue weighted by molar-refractivity contribution is 0.671. The molecule has 16 heavy (non-hydrogen) atoms. The van der Waals surface area contributed by atoms with Crippen molar-refractivity contribution >= 4 is 11.8 Å². The molecule has 1 aliphatic rings. The van der Waals surface area contributed by atoms with Crippen LogP contribution >= 0.6 is 11.8 Å². The van der Waals surface area contributed by atoms with Crippen LogP contribution in [0.5, 0.6) is 0 Å². The molecular weight excluding hydrogens is 214 g/mol. The van der Waals surface area contributed by atoms with E-state index in [9.17, 15) is 0 Å². The van der Waals surface area contributed by atoms with Crippen molar-refractivity contribution in [3.8, 4) is 0 Å². The van der Waals surface area contributed by atoms with Crippen LogP contribution in [-0.4, -0.2) is 12.0 Å². The molecule has 88 valence electrons. The Hall–Kier alpha value is -0.470.